The van der Waals surface area contributed by atoms with Gasteiger partial charge >= 0.3 is 0 Å². The van der Waals surface area contributed by atoms with Gasteiger partial charge in [0.05, 0.1) is 12.4 Å². The SMILES string of the molecule is CN1CCN(S(=O)(=O)c2cnc(NN)nc2)CC1. The van der Waals surface area contributed by atoms with Crippen LogP contribution in [0.25, 0.3) is 0 Å². The van der Waals surface area contributed by atoms with E-state index in [1.54, 1.807) is 0 Å². The van der Waals surface area contributed by atoms with Crippen LogP contribution in [0.15, 0.2) is 17.3 Å². The summed E-state index contributed by atoms with van der Waals surface area (Å²) >= 11 is 0. The van der Waals surface area contributed by atoms with Crippen molar-refractivity contribution in [1.82, 2.24) is 19.2 Å². The van der Waals surface area contributed by atoms with E-state index in [1.165, 1.54) is 16.7 Å². The molecule has 1 aromatic heterocycles. The Balaban J connectivity index is 2.19. The molecule has 0 aromatic carbocycles. The molecular weight excluding hydrogens is 256 g/mol. The molecule has 2 heterocycles. The minimum atomic E-state index is -3.50. The Morgan fingerprint density at radius 2 is 1.78 bits per heavy atom. The molecule has 0 unspecified atom stereocenters. The van der Waals surface area contributed by atoms with Gasteiger partial charge in [0.15, 0.2) is 0 Å². The molecule has 1 saturated heterocycles. The first-order valence-corrected chi connectivity index (χ1v) is 6.95. The van der Waals surface area contributed by atoms with E-state index >= 15 is 0 Å². The summed E-state index contributed by atoms with van der Waals surface area (Å²) in [6, 6.07) is 0. The fourth-order valence-corrected chi connectivity index (χ4v) is 3.02. The number of aromatic nitrogens is 2. The number of hydrazine groups is 1. The highest BCUT2D eigenvalue weighted by Crippen LogP contribution is 2.16. The van der Waals surface area contributed by atoms with Crippen molar-refractivity contribution < 1.29 is 8.42 Å². The van der Waals surface area contributed by atoms with E-state index in [0.717, 1.165) is 13.1 Å². The predicted molar refractivity (Wildman–Crippen MR) is 66.1 cm³/mol. The molecule has 8 nitrogen and oxygen atoms in total. The molecule has 0 spiro atoms. The number of nitrogens with zero attached hydrogens (tertiary/aromatic N) is 4. The number of anilines is 1. The van der Waals surface area contributed by atoms with Gasteiger partial charge in [0.25, 0.3) is 0 Å². The smallest absolute Gasteiger partial charge is 0.246 e. The fourth-order valence-electron chi connectivity index (χ4n) is 1.70. The summed E-state index contributed by atoms with van der Waals surface area (Å²) in [6.07, 6.45) is 2.52. The second-order valence-electron chi connectivity index (χ2n) is 4.09. The molecule has 0 saturated carbocycles. The summed E-state index contributed by atoms with van der Waals surface area (Å²) in [4.78, 5) is 9.80. The summed E-state index contributed by atoms with van der Waals surface area (Å²) in [5, 5.41) is 0. The van der Waals surface area contributed by atoms with Crippen molar-refractivity contribution in [2.24, 2.45) is 5.84 Å². The summed E-state index contributed by atoms with van der Waals surface area (Å²) in [5.74, 6) is 5.31. The van der Waals surface area contributed by atoms with Gasteiger partial charge in [-0.1, -0.05) is 0 Å². The van der Waals surface area contributed by atoms with Gasteiger partial charge in [-0.25, -0.2) is 24.2 Å². The lowest BCUT2D eigenvalue weighted by Crippen LogP contribution is -2.47. The lowest BCUT2D eigenvalue weighted by Gasteiger charge is -2.31. The Morgan fingerprint density at radius 1 is 1.22 bits per heavy atom. The number of hydrogen-bond donors (Lipinski definition) is 2. The quantitative estimate of drug-likeness (QED) is 0.520. The zero-order valence-electron chi connectivity index (χ0n) is 10.1. The van der Waals surface area contributed by atoms with Gasteiger partial charge in [0.2, 0.25) is 16.0 Å². The summed E-state index contributed by atoms with van der Waals surface area (Å²) in [6.45, 7) is 2.41. The zero-order chi connectivity index (χ0) is 13.2. The minimum absolute atomic E-state index is 0.0889. The van der Waals surface area contributed by atoms with E-state index < -0.39 is 10.0 Å². The molecule has 1 aromatic rings. The molecule has 0 amide bonds. The van der Waals surface area contributed by atoms with Crippen molar-refractivity contribution in [3.63, 3.8) is 0 Å². The molecule has 9 heteroatoms. The maximum Gasteiger partial charge on any atom is 0.246 e. The topological polar surface area (TPSA) is 104 Å². The Kier molecular flexibility index (Phi) is 3.76. The second-order valence-corrected chi connectivity index (χ2v) is 6.03. The van der Waals surface area contributed by atoms with Crippen molar-refractivity contribution in [2.75, 3.05) is 38.7 Å². The molecule has 3 N–H and O–H groups in total. The maximum atomic E-state index is 12.3. The highest BCUT2D eigenvalue weighted by Gasteiger charge is 2.27. The van der Waals surface area contributed by atoms with E-state index in [2.05, 4.69) is 20.3 Å². The number of likely N-dealkylation sites (N-methyl/N-ethyl adjacent to an activating group) is 1. The van der Waals surface area contributed by atoms with Gasteiger partial charge in [0.1, 0.15) is 4.90 Å². The van der Waals surface area contributed by atoms with Crippen LogP contribution in [0.2, 0.25) is 0 Å². The molecule has 1 fully saturated rings. The van der Waals surface area contributed by atoms with E-state index in [-0.39, 0.29) is 10.8 Å². The van der Waals surface area contributed by atoms with Gasteiger partial charge in [-0.2, -0.15) is 4.31 Å². The van der Waals surface area contributed by atoms with Gasteiger partial charge in [0, 0.05) is 26.2 Å². The number of piperazine rings is 1. The Bertz CT molecular complexity index is 494. The van der Waals surface area contributed by atoms with Crippen LogP contribution in [0.1, 0.15) is 0 Å². The minimum Gasteiger partial charge on any atom is -0.304 e. The first-order chi connectivity index (χ1) is 8.54. The fraction of sp³-hybridized carbons (Fsp3) is 0.556. The number of hydrogen-bond acceptors (Lipinski definition) is 7. The Morgan fingerprint density at radius 3 is 2.28 bits per heavy atom. The highest BCUT2D eigenvalue weighted by atomic mass is 32.2. The van der Waals surface area contributed by atoms with Crippen LogP contribution >= 0.6 is 0 Å². The molecule has 2 rings (SSSR count). The molecule has 0 aliphatic carbocycles. The third-order valence-electron chi connectivity index (χ3n) is 2.86. The van der Waals surface area contributed by atoms with Crippen LogP contribution < -0.4 is 11.3 Å². The summed E-state index contributed by atoms with van der Waals surface area (Å²) < 4.78 is 26.0. The standard InChI is InChI=1S/C9H16N6O2S/c1-14-2-4-15(5-3-14)18(16,17)8-6-11-9(13-10)12-7-8/h6-7H,2-5,10H2,1H3,(H,11,12,13). The molecule has 18 heavy (non-hydrogen) atoms. The van der Waals surface area contributed by atoms with E-state index in [0.29, 0.717) is 13.1 Å². The monoisotopic (exact) mass is 272 g/mol. The average Bonchev–Trinajstić information content (AvgIpc) is 2.39. The summed E-state index contributed by atoms with van der Waals surface area (Å²) in [5.41, 5.74) is 2.25. The summed E-state index contributed by atoms with van der Waals surface area (Å²) in [7, 11) is -1.53. The maximum absolute atomic E-state index is 12.3. The van der Waals surface area contributed by atoms with Crippen molar-refractivity contribution in [1.29, 1.82) is 0 Å². The van der Waals surface area contributed by atoms with Gasteiger partial charge in [-0.15, -0.1) is 0 Å². The second kappa shape index (κ2) is 5.14. The Hall–Kier alpha value is -1.29. The first kappa shape index (κ1) is 13.1. The van der Waals surface area contributed by atoms with Crippen molar-refractivity contribution in [2.45, 2.75) is 4.90 Å². The lowest BCUT2D eigenvalue weighted by atomic mass is 10.4. The number of sulfonamides is 1. The van der Waals surface area contributed by atoms with Gasteiger partial charge in [-0.3, -0.25) is 5.43 Å². The van der Waals surface area contributed by atoms with Crippen LogP contribution in [0.3, 0.4) is 0 Å². The molecule has 0 radical (unpaired) electrons. The molecule has 0 atom stereocenters. The third-order valence-corrected chi connectivity index (χ3v) is 4.71. The van der Waals surface area contributed by atoms with Crippen molar-refractivity contribution >= 4 is 16.0 Å². The molecule has 1 aliphatic rings. The van der Waals surface area contributed by atoms with E-state index in [4.69, 9.17) is 5.84 Å². The van der Waals surface area contributed by atoms with Crippen molar-refractivity contribution in [3.05, 3.63) is 12.4 Å². The lowest BCUT2D eigenvalue weighted by molar-refractivity contribution is 0.222. The number of nitrogens with two attached hydrogens (primary N) is 1. The molecule has 100 valence electrons. The van der Waals surface area contributed by atoms with Crippen molar-refractivity contribution in [3.8, 4) is 0 Å². The van der Waals surface area contributed by atoms with E-state index in [9.17, 15) is 8.42 Å². The largest absolute Gasteiger partial charge is 0.304 e. The third kappa shape index (κ3) is 2.58. The molecule has 0 bridgehead atoms. The highest BCUT2D eigenvalue weighted by molar-refractivity contribution is 7.89. The predicted octanol–water partition coefficient (Wildman–Crippen LogP) is -1.30. The van der Waals surface area contributed by atoms with Gasteiger partial charge in [-0.05, 0) is 7.05 Å². The normalized spacial score (nSPS) is 18.8. The van der Waals surface area contributed by atoms with Gasteiger partial charge < -0.3 is 4.90 Å². The number of rotatable bonds is 3. The molecular formula is C9H16N6O2S. The average molecular weight is 272 g/mol. The van der Waals surface area contributed by atoms with Crippen LogP contribution in [0.4, 0.5) is 5.95 Å². The number of nitrogens with one attached hydrogen (secondary N) is 1. The van der Waals surface area contributed by atoms with Crippen LogP contribution in [0.5, 0.6) is 0 Å². The van der Waals surface area contributed by atoms with Crippen LogP contribution in [-0.2, 0) is 10.0 Å². The Labute approximate surface area is 106 Å². The van der Waals surface area contributed by atoms with Crippen LogP contribution in [-0.4, -0.2) is 60.8 Å². The zero-order valence-corrected chi connectivity index (χ0v) is 10.9. The van der Waals surface area contributed by atoms with E-state index in [1.807, 2.05) is 7.05 Å². The molecule has 1 aliphatic heterocycles. The van der Waals surface area contributed by atoms with Crippen LogP contribution in [0, 0.1) is 0 Å². The number of nitrogen functional groups attached to an aromatic ring is 1. The first-order valence-electron chi connectivity index (χ1n) is 5.51.